The van der Waals surface area contributed by atoms with Crippen molar-refractivity contribution in [1.82, 2.24) is 5.32 Å². The van der Waals surface area contributed by atoms with Gasteiger partial charge >= 0.3 is 6.09 Å². The third-order valence-electron chi connectivity index (χ3n) is 5.30. The molecule has 3 nitrogen and oxygen atoms in total. The molecule has 130 valence electrons. The zero-order valence-corrected chi connectivity index (χ0v) is 15.4. The first-order valence-corrected chi connectivity index (χ1v) is 9.42. The molecule has 1 saturated carbocycles. The molecule has 0 aliphatic heterocycles. The van der Waals surface area contributed by atoms with Crippen molar-refractivity contribution in [3.63, 3.8) is 0 Å². The van der Waals surface area contributed by atoms with Crippen LogP contribution in [0.1, 0.15) is 79.6 Å². The minimum Gasteiger partial charge on any atom is -0.446 e. The van der Waals surface area contributed by atoms with Gasteiger partial charge in [0.05, 0.1) is 0 Å². The number of ether oxygens (including phenoxy) is 1. The van der Waals surface area contributed by atoms with E-state index in [0.29, 0.717) is 23.7 Å². The molecule has 1 aliphatic carbocycles. The molecule has 1 amide bonds. The van der Waals surface area contributed by atoms with Crippen molar-refractivity contribution in [2.24, 2.45) is 23.7 Å². The second kappa shape index (κ2) is 10.1. The predicted molar refractivity (Wildman–Crippen MR) is 92.9 cm³/mol. The van der Waals surface area contributed by atoms with Crippen molar-refractivity contribution in [2.45, 2.75) is 85.7 Å². The second-order valence-electron chi connectivity index (χ2n) is 7.57. The molecule has 4 atom stereocenters. The number of carbonyl (C=O) groups is 1. The van der Waals surface area contributed by atoms with Crippen molar-refractivity contribution in [3.05, 3.63) is 0 Å². The van der Waals surface area contributed by atoms with Crippen LogP contribution in [-0.2, 0) is 4.74 Å². The first-order chi connectivity index (χ1) is 10.5. The molecule has 1 aliphatic rings. The zero-order valence-electron chi connectivity index (χ0n) is 15.4. The molecule has 22 heavy (non-hydrogen) atoms. The summed E-state index contributed by atoms with van der Waals surface area (Å²) in [6.45, 7) is 11.9. The number of alkyl carbamates (subject to hydrolysis) is 1. The molecular weight excluding hydrogens is 274 g/mol. The minimum absolute atomic E-state index is 0.0967. The molecule has 3 heteroatoms. The summed E-state index contributed by atoms with van der Waals surface area (Å²) >= 11 is 0. The highest BCUT2D eigenvalue weighted by Gasteiger charge is 2.33. The minimum atomic E-state index is -0.209. The summed E-state index contributed by atoms with van der Waals surface area (Å²) in [7, 11) is 0. The van der Waals surface area contributed by atoms with Crippen LogP contribution in [0.3, 0.4) is 0 Å². The Bertz CT molecular complexity index is 317. The number of rotatable bonds is 8. The van der Waals surface area contributed by atoms with Crippen LogP contribution < -0.4 is 5.32 Å². The fourth-order valence-electron chi connectivity index (χ4n) is 3.60. The van der Waals surface area contributed by atoms with Gasteiger partial charge in [-0.15, -0.1) is 0 Å². The van der Waals surface area contributed by atoms with Crippen molar-refractivity contribution in [1.29, 1.82) is 0 Å². The fraction of sp³-hybridized carbons (Fsp3) is 0.947. The molecule has 0 heterocycles. The maximum Gasteiger partial charge on any atom is 0.407 e. The Labute approximate surface area is 137 Å². The average molecular weight is 312 g/mol. The number of carbonyl (C=O) groups excluding carboxylic acids is 1. The van der Waals surface area contributed by atoms with Gasteiger partial charge in [0, 0.05) is 6.54 Å². The summed E-state index contributed by atoms with van der Waals surface area (Å²) in [5.41, 5.74) is 0. The van der Waals surface area contributed by atoms with Gasteiger partial charge in [0.1, 0.15) is 6.10 Å². The van der Waals surface area contributed by atoms with E-state index < -0.39 is 0 Å². The summed E-state index contributed by atoms with van der Waals surface area (Å²) in [6.07, 6.45) is 8.13. The molecule has 1 N–H and O–H groups in total. The van der Waals surface area contributed by atoms with Gasteiger partial charge in [-0.2, -0.15) is 0 Å². The number of hydrogen-bond donors (Lipinski definition) is 1. The van der Waals surface area contributed by atoms with Crippen molar-refractivity contribution in [2.75, 3.05) is 6.54 Å². The van der Waals surface area contributed by atoms with Crippen molar-refractivity contribution >= 4 is 6.09 Å². The molecule has 1 fully saturated rings. The van der Waals surface area contributed by atoms with E-state index in [-0.39, 0.29) is 12.2 Å². The largest absolute Gasteiger partial charge is 0.446 e. The standard InChI is InChI=1S/C19H37NO2/c1-6-8-9-16(7-2)13-20-19(21)22-18-12-15(5)10-11-17(18)14(3)4/h14-18H,6-13H2,1-5H3,(H,20,21). The van der Waals surface area contributed by atoms with E-state index in [1.165, 1.54) is 32.1 Å². The Hall–Kier alpha value is -0.730. The Kier molecular flexibility index (Phi) is 8.89. The molecule has 1 rings (SSSR count). The van der Waals surface area contributed by atoms with Crippen molar-refractivity contribution < 1.29 is 9.53 Å². The summed E-state index contributed by atoms with van der Waals surface area (Å²) in [4.78, 5) is 12.1. The molecule has 4 unspecified atom stereocenters. The van der Waals surface area contributed by atoms with E-state index in [4.69, 9.17) is 4.74 Å². The van der Waals surface area contributed by atoms with Gasteiger partial charge in [-0.1, -0.05) is 60.3 Å². The van der Waals surface area contributed by atoms with E-state index >= 15 is 0 Å². The van der Waals surface area contributed by atoms with Crippen LogP contribution in [0.15, 0.2) is 0 Å². The van der Waals surface area contributed by atoms with Crippen LogP contribution >= 0.6 is 0 Å². The molecule has 0 spiro atoms. The van der Waals surface area contributed by atoms with E-state index in [1.54, 1.807) is 0 Å². The van der Waals surface area contributed by atoms with Gasteiger partial charge in [0.2, 0.25) is 0 Å². The summed E-state index contributed by atoms with van der Waals surface area (Å²) in [5.74, 6) is 2.35. The lowest BCUT2D eigenvalue weighted by Crippen LogP contribution is -2.39. The third-order valence-corrected chi connectivity index (χ3v) is 5.30. The summed E-state index contributed by atoms with van der Waals surface area (Å²) < 4.78 is 5.78. The van der Waals surface area contributed by atoms with Gasteiger partial charge in [-0.25, -0.2) is 4.79 Å². The summed E-state index contributed by atoms with van der Waals surface area (Å²) in [5, 5.41) is 3.00. The van der Waals surface area contributed by atoms with E-state index in [2.05, 4.69) is 39.9 Å². The smallest absolute Gasteiger partial charge is 0.407 e. The number of hydrogen-bond acceptors (Lipinski definition) is 2. The molecule has 0 aromatic rings. The zero-order chi connectivity index (χ0) is 16.5. The van der Waals surface area contributed by atoms with Crippen LogP contribution in [0.25, 0.3) is 0 Å². The van der Waals surface area contributed by atoms with Gasteiger partial charge in [0.15, 0.2) is 0 Å². The number of nitrogens with one attached hydrogen (secondary N) is 1. The maximum atomic E-state index is 12.1. The quantitative estimate of drug-likeness (QED) is 0.652. The average Bonchev–Trinajstić information content (AvgIpc) is 2.47. The lowest BCUT2D eigenvalue weighted by molar-refractivity contribution is 0.00577. The Balaban J connectivity index is 2.41. The highest BCUT2D eigenvalue weighted by molar-refractivity contribution is 5.67. The van der Waals surface area contributed by atoms with Gasteiger partial charge in [0.25, 0.3) is 0 Å². The van der Waals surface area contributed by atoms with E-state index in [0.717, 1.165) is 19.4 Å². The van der Waals surface area contributed by atoms with Crippen LogP contribution in [0.5, 0.6) is 0 Å². The van der Waals surface area contributed by atoms with Gasteiger partial charge < -0.3 is 10.1 Å². The molecular formula is C19H37NO2. The van der Waals surface area contributed by atoms with Crippen LogP contribution in [0.4, 0.5) is 4.79 Å². The fourth-order valence-corrected chi connectivity index (χ4v) is 3.60. The molecule has 0 aromatic heterocycles. The highest BCUT2D eigenvalue weighted by Crippen LogP contribution is 2.35. The normalized spacial score (nSPS) is 26.7. The monoisotopic (exact) mass is 311 g/mol. The Morgan fingerprint density at radius 1 is 1.27 bits per heavy atom. The predicted octanol–water partition coefficient (Wildman–Crippen LogP) is 5.39. The van der Waals surface area contributed by atoms with E-state index in [1.807, 2.05) is 0 Å². The SMILES string of the molecule is CCCCC(CC)CNC(=O)OC1CC(C)CCC1C(C)C. The van der Waals surface area contributed by atoms with Crippen molar-refractivity contribution in [3.8, 4) is 0 Å². The molecule has 0 bridgehead atoms. The molecule has 0 saturated heterocycles. The van der Waals surface area contributed by atoms with Gasteiger partial charge in [-0.3, -0.25) is 0 Å². The topological polar surface area (TPSA) is 38.3 Å². The van der Waals surface area contributed by atoms with E-state index in [9.17, 15) is 4.79 Å². The summed E-state index contributed by atoms with van der Waals surface area (Å²) in [6, 6.07) is 0. The number of amides is 1. The van der Waals surface area contributed by atoms with Crippen LogP contribution in [0, 0.1) is 23.7 Å². The molecule has 0 aromatic carbocycles. The van der Waals surface area contributed by atoms with Gasteiger partial charge in [-0.05, 0) is 42.9 Å². The first kappa shape index (κ1) is 19.3. The number of unbranched alkanes of at least 4 members (excludes halogenated alkanes) is 1. The Morgan fingerprint density at radius 2 is 2.00 bits per heavy atom. The Morgan fingerprint density at radius 3 is 2.59 bits per heavy atom. The third kappa shape index (κ3) is 6.58. The highest BCUT2D eigenvalue weighted by atomic mass is 16.6. The second-order valence-corrected chi connectivity index (χ2v) is 7.57. The molecule has 0 radical (unpaired) electrons. The first-order valence-electron chi connectivity index (χ1n) is 9.42. The van der Waals surface area contributed by atoms with Crippen LogP contribution in [-0.4, -0.2) is 18.7 Å². The lowest BCUT2D eigenvalue weighted by atomic mass is 9.75. The van der Waals surface area contributed by atoms with Crippen LogP contribution in [0.2, 0.25) is 0 Å². The maximum absolute atomic E-state index is 12.1. The lowest BCUT2D eigenvalue weighted by Gasteiger charge is -2.36.